The third-order valence-corrected chi connectivity index (χ3v) is 3.03. The molecule has 0 spiro atoms. The molecule has 1 saturated heterocycles. The van der Waals surface area contributed by atoms with Crippen molar-refractivity contribution >= 4 is 5.82 Å². The molecule has 1 aromatic rings. The number of anilines is 1. The van der Waals surface area contributed by atoms with Gasteiger partial charge in [0.1, 0.15) is 18.5 Å². The Hall–Kier alpha value is -1.40. The fraction of sp³-hybridized carbons (Fsp3) is 0.714. The van der Waals surface area contributed by atoms with Crippen LogP contribution in [-0.4, -0.2) is 42.9 Å². The molecule has 0 atom stereocenters. The molecule has 0 radical (unpaired) electrons. The summed E-state index contributed by atoms with van der Waals surface area (Å²) in [7, 11) is 1.63. The second-order valence-electron chi connectivity index (χ2n) is 4.80. The van der Waals surface area contributed by atoms with Crippen LogP contribution in [0.4, 0.5) is 5.82 Å². The minimum absolute atomic E-state index is 0.174. The third-order valence-electron chi connectivity index (χ3n) is 3.03. The summed E-state index contributed by atoms with van der Waals surface area (Å²) in [4.78, 5) is 8.79. The molecule has 0 amide bonds. The van der Waals surface area contributed by atoms with Crippen molar-refractivity contribution in [3.63, 3.8) is 0 Å². The molecular formula is C14H23N3O3. The first-order valence-electron chi connectivity index (χ1n) is 7.17. The molecule has 1 aliphatic rings. The average molecular weight is 281 g/mol. The van der Waals surface area contributed by atoms with E-state index in [1.807, 2.05) is 6.07 Å². The number of ether oxygens (including phenoxy) is 3. The van der Waals surface area contributed by atoms with Gasteiger partial charge >= 0.3 is 0 Å². The number of hydrogen-bond acceptors (Lipinski definition) is 6. The lowest BCUT2D eigenvalue weighted by atomic mass is 10.1. The van der Waals surface area contributed by atoms with Gasteiger partial charge in [0.05, 0.1) is 13.2 Å². The Labute approximate surface area is 119 Å². The molecule has 6 nitrogen and oxygen atoms in total. The van der Waals surface area contributed by atoms with E-state index >= 15 is 0 Å². The molecule has 6 heteroatoms. The lowest BCUT2D eigenvalue weighted by Gasteiger charge is -2.23. The molecule has 0 aliphatic carbocycles. The number of nitrogens with one attached hydrogen (secondary N) is 1. The van der Waals surface area contributed by atoms with Gasteiger partial charge in [-0.15, -0.1) is 0 Å². The van der Waals surface area contributed by atoms with Gasteiger partial charge in [-0.1, -0.05) is 6.92 Å². The second kappa shape index (κ2) is 8.01. The molecule has 1 aliphatic heterocycles. The predicted octanol–water partition coefficient (Wildman–Crippen LogP) is 2.00. The molecule has 0 aromatic carbocycles. The van der Waals surface area contributed by atoms with Gasteiger partial charge in [-0.3, -0.25) is 0 Å². The van der Waals surface area contributed by atoms with Crippen molar-refractivity contribution in [2.75, 3.05) is 32.2 Å². The normalized spacial score (nSPS) is 16.1. The summed E-state index contributed by atoms with van der Waals surface area (Å²) in [6.45, 7) is 4.87. The van der Waals surface area contributed by atoms with E-state index in [1.54, 1.807) is 7.11 Å². The summed E-state index contributed by atoms with van der Waals surface area (Å²) in [6, 6.07) is 1.85. The molecule has 1 fully saturated rings. The molecule has 2 heterocycles. The van der Waals surface area contributed by atoms with E-state index in [0.29, 0.717) is 18.3 Å². The van der Waals surface area contributed by atoms with Crippen LogP contribution in [-0.2, 0) is 16.1 Å². The first-order chi connectivity index (χ1) is 9.81. The minimum Gasteiger partial charge on any atom is -0.474 e. The van der Waals surface area contributed by atoms with Crippen LogP contribution in [0.25, 0.3) is 0 Å². The van der Waals surface area contributed by atoms with Crippen LogP contribution in [0, 0.1) is 0 Å². The SMILES string of the molecule is CCCNc1cc(OC2CCOCC2)nc(COC)n1. The number of methoxy groups -OCH3 is 1. The highest BCUT2D eigenvalue weighted by Crippen LogP contribution is 2.19. The summed E-state index contributed by atoms with van der Waals surface area (Å²) in [5, 5.41) is 3.26. The monoisotopic (exact) mass is 281 g/mol. The van der Waals surface area contributed by atoms with Crippen molar-refractivity contribution < 1.29 is 14.2 Å². The third kappa shape index (κ3) is 4.61. The van der Waals surface area contributed by atoms with E-state index < -0.39 is 0 Å². The van der Waals surface area contributed by atoms with Crippen LogP contribution < -0.4 is 10.1 Å². The van der Waals surface area contributed by atoms with Crippen molar-refractivity contribution in [2.24, 2.45) is 0 Å². The van der Waals surface area contributed by atoms with Crippen LogP contribution >= 0.6 is 0 Å². The number of rotatable bonds is 7. The van der Waals surface area contributed by atoms with Gasteiger partial charge in [-0.05, 0) is 6.42 Å². The zero-order valence-corrected chi connectivity index (χ0v) is 12.2. The zero-order valence-electron chi connectivity index (χ0n) is 12.2. The second-order valence-corrected chi connectivity index (χ2v) is 4.80. The van der Waals surface area contributed by atoms with E-state index in [0.717, 1.165) is 44.8 Å². The molecule has 0 saturated carbocycles. The maximum atomic E-state index is 5.94. The Morgan fingerprint density at radius 3 is 2.85 bits per heavy atom. The lowest BCUT2D eigenvalue weighted by molar-refractivity contribution is 0.0234. The highest BCUT2D eigenvalue weighted by molar-refractivity contribution is 5.38. The molecule has 0 bridgehead atoms. The molecule has 0 unspecified atom stereocenters. The number of aromatic nitrogens is 2. The van der Waals surface area contributed by atoms with Crippen LogP contribution in [0.3, 0.4) is 0 Å². The van der Waals surface area contributed by atoms with Gasteiger partial charge in [0.2, 0.25) is 5.88 Å². The Balaban J connectivity index is 2.06. The van der Waals surface area contributed by atoms with Crippen LogP contribution in [0.15, 0.2) is 6.07 Å². The summed E-state index contributed by atoms with van der Waals surface area (Å²) in [5.74, 6) is 2.03. The highest BCUT2D eigenvalue weighted by atomic mass is 16.5. The van der Waals surface area contributed by atoms with E-state index in [2.05, 4.69) is 22.2 Å². The Kier molecular flexibility index (Phi) is 6.01. The minimum atomic E-state index is 0.174. The maximum Gasteiger partial charge on any atom is 0.219 e. The molecular weight excluding hydrogens is 258 g/mol. The van der Waals surface area contributed by atoms with Gasteiger partial charge in [-0.2, -0.15) is 4.98 Å². The summed E-state index contributed by atoms with van der Waals surface area (Å²) >= 11 is 0. The van der Waals surface area contributed by atoms with E-state index in [-0.39, 0.29) is 6.10 Å². The summed E-state index contributed by atoms with van der Waals surface area (Å²) in [6.07, 6.45) is 3.02. The molecule has 20 heavy (non-hydrogen) atoms. The Bertz CT molecular complexity index is 409. The highest BCUT2D eigenvalue weighted by Gasteiger charge is 2.17. The first kappa shape index (κ1) is 15.0. The van der Waals surface area contributed by atoms with Crippen molar-refractivity contribution in [1.82, 2.24) is 9.97 Å². The Morgan fingerprint density at radius 1 is 1.35 bits per heavy atom. The smallest absolute Gasteiger partial charge is 0.219 e. The lowest BCUT2D eigenvalue weighted by Crippen LogP contribution is -2.26. The van der Waals surface area contributed by atoms with Crippen molar-refractivity contribution in [3.05, 3.63) is 11.9 Å². The van der Waals surface area contributed by atoms with Crippen LogP contribution in [0.1, 0.15) is 32.0 Å². The largest absolute Gasteiger partial charge is 0.474 e. The zero-order chi connectivity index (χ0) is 14.2. The van der Waals surface area contributed by atoms with E-state index in [9.17, 15) is 0 Å². The molecule has 1 aromatic heterocycles. The number of nitrogens with zero attached hydrogens (tertiary/aromatic N) is 2. The van der Waals surface area contributed by atoms with Crippen LogP contribution in [0.5, 0.6) is 5.88 Å². The average Bonchev–Trinajstić information content (AvgIpc) is 2.46. The first-order valence-corrected chi connectivity index (χ1v) is 7.17. The molecule has 112 valence electrons. The van der Waals surface area contributed by atoms with Crippen molar-refractivity contribution in [2.45, 2.75) is 38.9 Å². The molecule has 1 N–H and O–H groups in total. The molecule has 2 rings (SSSR count). The fourth-order valence-corrected chi connectivity index (χ4v) is 2.03. The topological polar surface area (TPSA) is 65.5 Å². The van der Waals surface area contributed by atoms with Gasteiger partial charge in [-0.25, -0.2) is 4.98 Å². The van der Waals surface area contributed by atoms with Gasteiger partial charge in [0.15, 0.2) is 5.82 Å². The van der Waals surface area contributed by atoms with E-state index in [4.69, 9.17) is 14.2 Å². The standard InChI is InChI=1S/C14H23N3O3/c1-3-6-15-12-9-14(17-13(16-12)10-18-2)20-11-4-7-19-8-5-11/h9,11H,3-8,10H2,1-2H3,(H,15,16,17). The van der Waals surface area contributed by atoms with Crippen LogP contribution in [0.2, 0.25) is 0 Å². The van der Waals surface area contributed by atoms with Gasteiger partial charge in [0.25, 0.3) is 0 Å². The summed E-state index contributed by atoms with van der Waals surface area (Å²) in [5.41, 5.74) is 0. The van der Waals surface area contributed by atoms with Gasteiger partial charge < -0.3 is 19.5 Å². The maximum absolute atomic E-state index is 5.94. The van der Waals surface area contributed by atoms with Crippen molar-refractivity contribution in [1.29, 1.82) is 0 Å². The number of hydrogen-bond donors (Lipinski definition) is 1. The van der Waals surface area contributed by atoms with Crippen molar-refractivity contribution in [3.8, 4) is 5.88 Å². The summed E-state index contributed by atoms with van der Waals surface area (Å²) < 4.78 is 16.4. The van der Waals surface area contributed by atoms with Gasteiger partial charge in [0, 0.05) is 32.6 Å². The fourth-order valence-electron chi connectivity index (χ4n) is 2.03. The predicted molar refractivity (Wildman–Crippen MR) is 76.0 cm³/mol. The Morgan fingerprint density at radius 2 is 2.15 bits per heavy atom. The quantitative estimate of drug-likeness (QED) is 0.824. The van der Waals surface area contributed by atoms with E-state index in [1.165, 1.54) is 0 Å².